The van der Waals surface area contributed by atoms with E-state index in [-0.39, 0.29) is 17.4 Å². The second-order valence-electron chi connectivity index (χ2n) is 8.40. The molecule has 2 atom stereocenters. The maximum Gasteiger partial charge on any atom is 0.228 e. The second kappa shape index (κ2) is 8.05. The number of likely N-dealkylation sites (N-methyl/N-ethyl adjacent to an activating group) is 1. The monoisotopic (exact) mass is 381 g/mol. The number of H-pyrrole nitrogens is 1. The summed E-state index contributed by atoms with van der Waals surface area (Å²) in [5, 5.41) is 3.29. The summed E-state index contributed by atoms with van der Waals surface area (Å²) in [7, 11) is 2.16. The zero-order valence-electron chi connectivity index (χ0n) is 16.9. The third kappa shape index (κ3) is 3.71. The summed E-state index contributed by atoms with van der Waals surface area (Å²) in [6.07, 6.45) is 6.61. The highest BCUT2D eigenvalue weighted by molar-refractivity contribution is 5.84. The van der Waals surface area contributed by atoms with Crippen LogP contribution in [-0.4, -0.2) is 58.4 Å². The van der Waals surface area contributed by atoms with E-state index < -0.39 is 0 Å². The van der Waals surface area contributed by atoms with Crippen molar-refractivity contribution >= 4 is 5.91 Å². The van der Waals surface area contributed by atoms with Crippen LogP contribution in [-0.2, 0) is 17.9 Å². The number of amides is 1. The molecule has 2 aliphatic heterocycles. The summed E-state index contributed by atoms with van der Waals surface area (Å²) in [5.41, 5.74) is 2.11. The highest BCUT2D eigenvalue weighted by atomic mass is 16.2. The Labute approximate surface area is 167 Å². The molecule has 1 amide bonds. The van der Waals surface area contributed by atoms with E-state index in [4.69, 9.17) is 0 Å². The number of hydrogen-bond acceptors (Lipinski definition) is 4. The van der Waals surface area contributed by atoms with Crippen molar-refractivity contribution in [2.45, 2.75) is 45.3 Å². The molecule has 6 nitrogen and oxygen atoms in total. The Hall–Kier alpha value is -2.18. The molecule has 1 aromatic carbocycles. The number of rotatable bonds is 5. The number of aryl methyl sites for hydroxylation is 1. The molecular weight excluding hydrogens is 350 g/mol. The number of piperidine rings is 2. The lowest BCUT2D eigenvalue weighted by atomic mass is 9.67. The minimum atomic E-state index is -0.306. The van der Waals surface area contributed by atoms with Crippen LogP contribution in [0.2, 0.25) is 0 Å². The quantitative estimate of drug-likeness (QED) is 0.834. The SMILES string of the molecule is Cc1ccccc1CNC(=O)[C@@]12CCCN(Cc3ncc[nH]3)[C@H]1CN(C)CC2. The summed E-state index contributed by atoms with van der Waals surface area (Å²) in [5.74, 6) is 1.20. The first-order chi connectivity index (χ1) is 13.6. The van der Waals surface area contributed by atoms with E-state index in [0.29, 0.717) is 6.54 Å². The van der Waals surface area contributed by atoms with Crippen molar-refractivity contribution in [1.29, 1.82) is 0 Å². The van der Waals surface area contributed by atoms with Crippen molar-refractivity contribution in [2.75, 3.05) is 26.7 Å². The Morgan fingerprint density at radius 3 is 2.96 bits per heavy atom. The lowest BCUT2D eigenvalue weighted by Gasteiger charge is -2.53. The second-order valence-corrected chi connectivity index (χ2v) is 8.40. The number of likely N-dealkylation sites (tertiary alicyclic amines) is 2. The number of benzene rings is 1. The van der Waals surface area contributed by atoms with Gasteiger partial charge in [-0.2, -0.15) is 0 Å². The molecule has 3 heterocycles. The molecule has 28 heavy (non-hydrogen) atoms. The van der Waals surface area contributed by atoms with Crippen molar-refractivity contribution < 1.29 is 4.79 Å². The van der Waals surface area contributed by atoms with Gasteiger partial charge in [0.15, 0.2) is 0 Å². The molecule has 2 fully saturated rings. The van der Waals surface area contributed by atoms with E-state index in [1.807, 2.05) is 18.3 Å². The maximum absolute atomic E-state index is 13.5. The molecule has 6 heteroatoms. The molecule has 2 N–H and O–H groups in total. The van der Waals surface area contributed by atoms with E-state index >= 15 is 0 Å². The van der Waals surface area contributed by atoms with Crippen LogP contribution in [0, 0.1) is 12.3 Å². The topological polar surface area (TPSA) is 64.3 Å². The number of carbonyl (C=O) groups is 1. The molecule has 2 aromatic rings. The smallest absolute Gasteiger partial charge is 0.228 e. The predicted molar refractivity (Wildman–Crippen MR) is 110 cm³/mol. The fourth-order valence-electron chi connectivity index (χ4n) is 4.93. The molecule has 150 valence electrons. The fraction of sp³-hybridized carbons (Fsp3) is 0.545. The van der Waals surface area contributed by atoms with Gasteiger partial charge < -0.3 is 15.2 Å². The van der Waals surface area contributed by atoms with Crippen LogP contribution in [0.25, 0.3) is 0 Å². The van der Waals surface area contributed by atoms with Crippen molar-refractivity contribution in [3.8, 4) is 0 Å². The van der Waals surface area contributed by atoms with Gasteiger partial charge in [0.05, 0.1) is 12.0 Å². The van der Waals surface area contributed by atoms with Gasteiger partial charge in [0.2, 0.25) is 5.91 Å². The number of aromatic amines is 1. The molecule has 0 spiro atoms. The zero-order valence-corrected chi connectivity index (χ0v) is 16.9. The van der Waals surface area contributed by atoms with Gasteiger partial charge in [-0.25, -0.2) is 4.98 Å². The molecule has 0 aliphatic carbocycles. The van der Waals surface area contributed by atoms with E-state index in [0.717, 1.165) is 51.3 Å². The molecule has 0 unspecified atom stereocenters. The van der Waals surface area contributed by atoms with E-state index in [1.54, 1.807) is 6.20 Å². The molecule has 0 bridgehead atoms. The van der Waals surface area contributed by atoms with Crippen LogP contribution >= 0.6 is 0 Å². The highest BCUT2D eigenvalue weighted by Gasteiger charge is 2.52. The van der Waals surface area contributed by atoms with Crippen molar-refractivity contribution in [1.82, 2.24) is 25.1 Å². The predicted octanol–water partition coefficient (Wildman–Crippen LogP) is 2.32. The molecule has 2 aliphatic rings. The first kappa shape index (κ1) is 19.2. The van der Waals surface area contributed by atoms with E-state index in [9.17, 15) is 4.79 Å². The molecule has 0 saturated carbocycles. The lowest BCUT2D eigenvalue weighted by molar-refractivity contribution is -0.145. The van der Waals surface area contributed by atoms with Gasteiger partial charge in [-0.15, -0.1) is 0 Å². The van der Waals surface area contributed by atoms with Gasteiger partial charge in [-0.3, -0.25) is 9.69 Å². The van der Waals surface area contributed by atoms with Crippen LogP contribution in [0.3, 0.4) is 0 Å². The normalized spacial score (nSPS) is 26.0. The van der Waals surface area contributed by atoms with Gasteiger partial charge >= 0.3 is 0 Å². The lowest BCUT2D eigenvalue weighted by Crippen LogP contribution is -2.65. The molecule has 1 aromatic heterocycles. The van der Waals surface area contributed by atoms with Crippen molar-refractivity contribution in [3.05, 3.63) is 53.6 Å². The van der Waals surface area contributed by atoms with Gasteiger partial charge in [0.25, 0.3) is 0 Å². The zero-order chi connectivity index (χ0) is 19.6. The van der Waals surface area contributed by atoms with E-state index in [2.05, 4.69) is 51.2 Å². The Morgan fingerprint density at radius 2 is 2.18 bits per heavy atom. The van der Waals surface area contributed by atoms with Gasteiger partial charge in [0.1, 0.15) is 5.82 Å². The third-order valence-electron chi connectivity index (χ3n) is 6.63. The fourth-order valence-corrected chi connectivity index (χ4v) is 4.93. The standard InChI is InChI=1S/C22H31N5O/c1-17-6-3-4-7-18(17)14-25-21(28)22-8-5-12-27(16-20-23-10-11-24-20)19(22)15-26(2)13-9-22/h3-4,6-7,10-11,19H,5,8-9,12-16H2,1-2H3,(H,23,24)(H,25,28)/t19-,22+/m0/s1. The third-order valence-corrected chi connectivity index (χ3v) is 6.63. The average Bonchev–Trinajstić information content (AvgIpc) is 3.21. The summed E-state index contributed by atoms with van der Waals surface area (Å²) in [6.45, 7) is 6.41. The molecule has 2 saturated heterocycles. The highest BCUT2D eigenvalue weighted by Crippen LogP contribution is 2.43. The Bertz CT molecular complexity index is 805. The number of fused-ring (bicyclic) bond motifs is 1. The molecular formula is C22H31N5O. The summed E-state index contributed by atoms with van der Waals surface area (Å²) >= 11 is 0. The number of aromatic nitrogens is 2. The van der Waals surface area contributed by atoms with Crippen LogP contribution in [0.4, 0.5) is 0 Å². The summed E-state index contributed by atoms with van der Waals surface area (Å²) in [4.78, 5) is 26.0. The minimum absolute atomic E-state index is 0.220. The Kier molecular flexibility index (Phi) is 5.51. The van der Waals surface area contributed by atoms with Crippen LogP contribution in [0.1, 0.15) is 36.2 Å². The van der Waals surface area contributed by atoms with Crippen molar-refractivity contribution in [3.63, 3.8) is 0 Å². The summed E-state index contributed by atoms with van der Waals surface area (Å²) in [6, 6.07) is 8.51. The Balaban J connectivity index is 1.53. The van der Waals surface area contributed by atoms with Crippen LogP contribution < -0.4 is 5.32 Å². The Morgan fingerprint density at radius 1 is 1.32 bits per heavy atom. The number of nitrogens with one attached hydrogen (secondary N) is 2. The number of carbonyl (C=O) groups excluding carboxylic acids is 1. The minimum Gasteiger partial charge on any atom is -0.351 e. The number of imidazole rings is 1. The summed E-state index contributed by atoms with van der Waals surface area (Å²) < 4.78 is 0. The van der Waals surface area contributed by atoms with E-state index in [1.165, 1.54) is 11.1 Å². The number of nitrogens with zero attached hydrogens (tertiary/aromatic N) is 3. The molecule has 4 rings (SSSR count). The van der Waals surface area contributed by atoms with Gasteiger partial charge in [-0.1, -0.05) is 24.3 Å². The first-order valence-corrected chi connectivity index (χ1v) is 10.3. The van der Waals surface area contributed by atoms with Crippen LogP contribution in [0.15, 0.2) is 36.7 Å². The van der Waals surface area contributed by atoms with Gasteiger partial charge in [-0.05, 0) is 57.5 Å². The largest absolute Gasteiger partial charge is 0.351 e. The average molecular weight is 382 g/mol. The maximum atomic E-state index is 13.5. The van der Waals surface area contributed by atoms with Crippen molar-refractivity contribution in [2.24, 2.45) is 5.41 Å². The first-order valence-electron chi connectivity index (χ1n) is 10.3. The number of hydrogen-bond donors (Lipinski definition) is 2. The van der Waals surface area contributed by atoms with Crippen LogP contribution in [0.5, 0.6) is 0 Å². The van der Waals surface area contributed by atoms with Gasteiger partial charge in [0, 0.05) is 31.5 Å². The molecule has 0 radical (unpaired) electrons.